The molecule has 23 heavy (non-hydrogen) atoms. The van der Waals surface area contributed by atoms with Crippen LogP contribution >= 0.6 is 0 Å². The number of anilines is 1. The number of hydrogen-bond donors (Lipinski definition) is 1. The van der Waals surface area contributed by atoms with E-state index in [1.54, 1.807) is 6.20 Å². The molecule has 0 atom stereocenters. The number of nitriles is 1. The largest absolute Gasteiger partial charge is 0.378 e. The van der Waals surface area contributed by atoms with Gasteiger partial charge < -0.3 is 5.32 Å². The third-order valence-electron chi connectivity index (χ3n) is 3.86. The van der Waals surface area contributed by atoms with Crippen molar-refractivity contribution in [3.05, 3.63) is 53.5 Å². The second-order valence-electron chi connectivity index (χ2n) is 5.86. The van der Waals surface area contributed by atoms with Crippen molar-refractivity contribution in [3.8, 4) is 6.07 Å². The summed E-state index contributed by atoms with van der Waals surface area (Å²) in [7, 11) is 0. The van der Waals surface area contributed by atoms with Gasteiger partial charge in [-0.05, 0) is 32.4 Å². The highest BCUT2D eigenvalue weighted by molar-refractivity contribution is 5.95. The fourth-order valence-corrected chi connectivity index (χ4v) is 2.58. The van der Waals surface area contributed by atoms with Crippen molar-refractivity contribution >= 4 is 16.6 Å². The molecular weight excluding hydrogens is 286 g/mol. The molecule has 0 spiro atoms. The molecule has 1 aromatic carbocycles. The van der Waals surface area contributed by atoms with Crippen LogP contribution in [-0.4, -0.2) is 14.8 Å². The van der Waals surface area contributed by atoms with Crippen LogP contribution < -0.4 is 5.32 Å². The molecule has 0 bridgehead atoms. The van der Waals surface area contributed by atoms with Crippen LogP contribution in [0.3, 0.4) is 0 Å². The van der Waals surface area contributed by atoms with Crippen molar-refractivity contribution in [2.24, 2.45) is 0 Å². The van der Waals surface area contributed by atoms with Gasteiger partial charge in [0.15, 0.2) is 0 Å². The second-order valence-corrected chi connectivity index (χ2v) is 5.86. The number of para-hydroxylation sites is 1. The van der Waals surface area contributed by atoms with Crippen molar-refractivity contribution in [2.75, 3.05) is 5.32 Å². The van der Waals surface area contributed by atoms with E-state index < -0.39 is 0 Å². The standard InChI is InChI=1S/C18H19N5/c1-12(2)23-8-7-15(22-23)11-21-18-14(9-19)10-20-17-13(3)5-4-6-16(17)18/h4-8,10,12H,11H2,1-3H3,(H,20,21). The Bertz CT molecular complexity index is 886. The van der Waals surface area contributed by atoms with Crippen LogP contribution in [0.2, 0.25) is 0 Å². The van der Waals surface area contributed by atoms with Gasteiger partial charge >= 0.3 is 0 Å². The summed E-state index contributed by atoms with van der Waals surface area (Å²) in [5, 5.41) is 18.2. The van der Waals surface area contributed by atoms with Crippen molar-refractivity contribution in [1.29, 1.82) is 5.26 Å². The Morgan fingerprint density at radius 1 is 1.30 bits per heavy atom. The predicted octanol–water partition coefficient (Wildman–Crippen LogP) is 3.80. The third-order valence-corrected chi connectivity index (χ3v) is 3.86. The molecule has 5 nitrogen and oxygen atoms in total. The fraction of sp³-hybridized carbons (Fsp3) is 0.278. The lowest BCUT2D eigenvalue weighted by Gasteiger charge is -2.11. The lowest BCUT2D eigenvalue weighted by Crippen LogP contribution is -2.06. The zero-order valence-corrected chi connectivity index (χ0v) is 13.5. The summed E-state index contributed by atoms with van der Waals surface area (Å²) in [6, 6.07) is 10.5. The van der Waals surface area contributed by atoms with Gasteiger partial charge in [-0.15, -0.1) is 0 Å². The van der Waals surface area contributed by atoms with Gasteiger partial charge in [-0.3, -0.25) is 9.67 Å². The number of nitrogens with one attached hydrogen (secondary N) is 1. The van der Waals surface area contributed by atoms with Gasteiger partial charge in [-0.25, -0.2) is 0 Å². The molecule has 0 aliphatic heterocycles. The van der Waals surface area contributed by atoms with Crippen molar-refractivity contribution in [1.82, 2.24) is 14.8 Å². The molecule has 0 unspecified atom stereocenters. The lowest BCUT2D eigenvalue weighted by atomic mass is 10.1. The number of nitrogens with zero attached hydrogens (tertiary/aromatic N) is 4. The highest BCUT2D eigenvalue weighted by atomic mass is 15.3. The molecule has 1 N–H and O–H groups in total. The molecule has 0 aliphatic carbocycles. The van der Waals surface area contributed by atoms with Gasteiger partial charge in [-0.1, -0.05) is 18.2 Å². The summed E-state index contributed by atoms with van der Waals surface area (Å²) in [4.78, 5) is 4.41. The molecule has 2 heterocycles. The molecule has 0 radical (unpaired) electrons. The minimum atomic E-state index is 0.336. The summed E-state index contributed by atoms with van der Waals surface area (Å²) >= 11 is 0. The highest BCUT2D eigenvalue weighted by Gasteiger charge is 2.10. The zero-order valence-electron chi connectivity index (χ0n) is 13.5. The number of benzene rings is 1. The Labute approximate surface area is 135 Å². The van der Waals surface area contributed by atoms with Gasteiger partial charge in [0.1, 0.15) is 6.07 Å². The van der Waals surface area contributed by atoms with Crippen LogP contribution in [0.5, 0.6) is 0 Å². The second kappa shape index (κ2) is 6.09. The summed E-state index contributed by atoms with van der Waals surface area (Å²) in [5.41, 5.74) is 4.33. The van der Waals surface area contributed by atoms with Gasteiger partial charge in [0.05, 0.1) is 29.0 Å². The average Bonchev–Trinajstić information content (AvgIpc) is 3.02. The maximum atomic E-state index is 9.37. The van der Waals surface area contributed by atoms with E-state index in [9.17, 15) is 5.26 Å². The Hall–Kier alpha value is -2.87. The minimum absolute atomic E-state index is 0.336. The molecular formula is C18H19N5. The smallest absolute Gasteiger partial charge is 0.103 e. The Morgan fingerprint density at radius 2 is 2.13 bits per heavy atom. The summed E-state index contributed by atoms with van der Waals surface area (Å²) in [5.74, 6) is 0. The van der Waals surface area contributed by atoms with Crippen molar-refractivity contribution in [3.63, 3.8) is 0 Å². The number of rotatable bonds is 4. The molecule has 0 fully saturated rings. The maximum Gasteiger partial charge on any atom is 0.103 e. The molecule has 2 aromatic heterocycles. The normalized spacial score (nSPS) is 10.9. The van der Waals surface area contributed by atoms with Crippen LogP contribution in [0.1, 0.15) is 36.7 Å². The number of hydrogen-bond acceptors (Lipinski definition) is 4. The van der Waals surface area contributed by atoms with E-state index in [4.69, 9.17) is 0 Å². The van der Waals surface area contributed by atoms with E-state index >= 15 is 0 Å². The summed E-state index contributed by atoms with van der Waals surface area (Å²) in [6.07, 6.45) is 3.60. The third kappa shape index (κ3) is 2.88. The summed E-state index contributed by atoms with van der Waals surface area (Å²) < 4.78 is 1.93. The molecule has 0 saturated carbocycles. The van der Waals surface area contributed by atoms with Gasteiger partial charge in [0.25, 0.3) is 0 Å². The molecule has 3 aromatic rings. The molecule has 5 heteroatoms. The quantitative estimate of drug-likeness (QED) is 0.796. The fourth-order valence-electron chi connectivity index (χ4n) is 2.58. The first-order valence-corrected chi connectivity index (χ1v) is 7.66. The van der Waals surface area contributed by atoms with Crippen LogP contribution in [0.25, 0.3) is 10.9 Å². The molecule has 116 valence electrons. The minimum Gasteiger partial charge on any atom is -0.378 e. The van der Waals surface area contributed by atoms with E-state index in [1.807, 2.05) is 42.1 Å². The van der Waals surface area contributed by atoms with Gasteiger partial charge in [-0.2, -0.15) is 10.4 Å². The number of pyridine rings is 1. The average molecular weight is 305 g/mol. The molecule has 0 amide bonds. The first kappa shape index (κ1) is 15.0. The van der Waals surface area contributed by atoms with E-state index in [2.05, 4.69) is 35.3 Å². The summed E-state index contributed by atoms with van der Waals surface area (Å²) in [6.45, 7) is 6.78. The topological polar surface area (TPSA) is 66.5 Å². The van der Waals surface area contributed by atoms with E-state index in [0.717, 1.165) is 27.8 Å². The van der Waals surface area contributed by atoms with Crippen LogP contribution in [0.4, 0.5) is 5.69 Å². The van der Waals surface area contributed by atoms with Crippen molar-refractivity contribution < 1.29 is 0 Å². The lowest BCUT2D eigenvalue weighted by molar-refractivity contribution is 0.527. The van der Waals surface area contributed by atoms with Gasteiger partial charge in [0.2, 0.25) is 0 Å². The Morgan fingerprint density at radius 3 is 2.83 bits per heavy atom. The zero-order chi connectivity index (χ0) is 16.4. The van der Waals surface area contributed by atoms with E-state index in [1.165, 1.54) is 0 Å². The highest BCUT2D eigenvalue weighted by Crippen LogP contribution is 2.27. The Balaban J connectivity index is 1.95. The first-order valence-electron chi connectivity index (χ1n) is 7.66. The van der Waals surface area contributed by atoms with E-state index in [0.29, 0.717) is 18.2 Å². The van der Waals surface area contributed by atoms with Gasteiger partial charge in [0, 0.05) is 23.8 Å². The molecule has 0 aliphatic rings. The predicted molar refractivity (Wildman–Crippen MR) is 91.1 cm³/mol. The van der Waals surface area contributed by atoms with Crippen LogP contribution in [0.15, 0.2) is 36.7 Å². The van der Waals surface area contributed by atoms with E-state index in [-0.39, 0.29) is 0 Å². The van der Waals surface area contributed by atoms with Crippen LogP contribution in [0, 0.1) is 18.3 Å². The maximum absolute atomic E-state index is 9.37. The monoisotopic (exact) mass is 305 g/mol. The Kier molecular flexibility index (Phi) is 3.98. The van der Waals surface area contributed by atoms with Crippen LogP contribution in [-0.2, 0) is 6.54 Å². The SMILES string of the molecule is Cc1cccc2c(NCc3ccn(C(C)C)n3)c(C#N)cnc12. The number of aryl methyl sites for hydroxylation is 1. The number of aromatic nitrogens is 3. The van der Waals surface area contributed by atoms with Crippen molar-refractivity contribution in [2.45, 2.75) is 33.4 Å². The number of fused-ring (bicyclic) bond motifs is 1. The molecule has 3 rings (SSSR count). The first-order chi connectivity index (χ1) is 11.1. The molecule has 0 saturated heterocycles.